The van der Waals surface area contributed by atoms with Gasteiger partial charge in [-0.3, -0.25) is 9.78 Å². The lowest BCUT2D eigenvalue weighted by Gasteiger charge is -2.11. The van der Waals surface area contributed by atoms with E-state index < -0.39 is 21.7 Å². The summed E-state index contributed by atoms with van der Waals surface area (Å²) in [6.07, 6.45) is 1.17. The lowest BCUT2D eigenvalue weighted by molar-refractivity contribution is -0.118. The molecule has 9 heteroatoms. The van der Waals surface area contributed by atoms with Crippen LogP contribution in [0.3, 0.4) is 0 Å². The van der Waals surface area contributed by atoms with E-state index in [-0.39, 0.29) is 21.9 Å². The first-order valence-corrected chi connectivity index (χ1v) is 9.59. The van der Waals surface area contributed by atoms with Gasteiger partial charge in [0, 0.05) is 11.6 Å². The zero-order valence-electron chi connectivity index (χ0n) is 14.1. The Morgan fingerprint density at radius 3 is 2.74 bits per heavy atom. The third-order valence-electron chi connectivity index (χ3n) is 3.80. The topological polar surface area (TPSA) is 85.4 Å². The Morgan fingerprint density at radius 1 is 1.26 bits per heavy atom. The quantitative estimate of drug-likeness (QED) is 0.701. The van der Waals surface area contributed by atoms with Crippen molar-refractivity contribution < 1.29 is 22.3 Å². The molecule has 0 atom stereocenters. The molecule has 0 spiro atoms. The molecule has 0 fully saturated rings. The Hall–Kier alpha value is -2.71. The largest absolute Gasteiger partial charge is 0.496 e. The van der Waals surface area contributed by atoms with Crippen molar-refractivity contribution in [3.05, 3.63) is 65.1 Å². The maximum atomic E-state index is 13.2. The van der Waals surface area contributed by atoms with Gasteiger partial charge in [0.05, 0.1) is 24.1 Å². The maximum Gasteiger partial charge on any atom is 0.266 e. The molecule has 0 aliphatic heterocycles. The second-order valence-corrected chi connectivity index (χ2v) is 7.68. The van der Waals surface area contributed by atoms with E-state index in [0.29, 0.717) is 16.7 Å². The van der Waals surface area contributed by atoms with Crippen LogP contribution in [0.4, 0.5) is 4.39 Å². The van der Waals surface area contributed by atoms with Gasteiger partial charge in [0.2, 0.25) is 5.91 Å². The molecule has 27 heavy (non-hydrogen) atoms. The number of pyridine rings is 1. The van der Waals surface area contributed by atoms with Crippen LogP contribution in [0.5, 0.6) is 5.75 Å². The van der Waals surface area contributed by atoms with E-state index in [9.17, 15) is 17.6 Å². The van der Waals surface area contributed by atoms with E-state index in [0.717, 1.165) is 6.07 Å². The molecule has 2 aromatic carbocycles. The minimum Gasteiger partial charge on any atom is -0.496 e. The molecule has 1 amide bonds. The Balaban J connectivity index is 1.89. The van der Waals surface area contributed by atoms with Gasteiger partial charge in [-0.05, 0) is 42.0 Å². The first-order chi connectivity index (χ1) is 12.8. The van der Waals surface area contributed by atoms with E-state index >= 15 is 0 Å². The molecule has 1 heterocycles. The van der Waals surface area contributed by atoms with Gasteiger partial charge in [0.25, 0.3) is 10.0 Å². The fourth-order valence-corrected chi connectivity index (χ4v) is 3.94. The monoisotopic (exact) mass is 408 g/mol. The molecule has 3 aromatic rings. The number of fused-ring (bicyclic) bond motifs is 1. The molecule has 0 radical (unpaired) electrons. The summed E-state index contributed by atoms with van der Waals surface area (Å²) in [5, 5.41) is 0.356. The molecule has 0 aliphatic rings. The van der Waals surface area contributed by atoms with Gasteiger partial charge in [0.1, 0.15) is 16.5 Å². The van der Waals surface area contributed by atoms with Gasteiger partial charge in [0.15, 0.2) is 0 Å². The van der Waals surface area contributed by atoms with E-state index in [4.69, 9.17) is 16.3 Å². The lowest BCUT2D eigenvalue weighted by Crippen LogP contribution is -2.32. The second-order valence-electron chi connectivity index (χ2n) is 5.62. The number of aromatic nitrogens is 1. The molecule has 0 unspecified atom stereocenters. The Kier molecular flexibility index (Phi) is 5.29. The summed E-state index contributed by atoms with van der Waals surface area (Å²) in [4.78, 5) is 16.1. The summed E-state index contributed by atoms with van der Waals surface area (Å²) in [7, 11) is -2.71. The molecule has 1 N–H and O–H groups in total. The van der Waals surface area contributed by atoms with Crippen LogP contribution in [-0.4, -0.2) is 26.4 Å². The molecule has 3 rings (SSSR count). The molecule has 0 aliphatic carbocycles. The number of amides is 1. The van der Waals surface area contributed by atoms with Crippen LogP contribution in [0.15, 0.2) is 53.6 Å². The number of ether oxygens (including phenoxy) is 1. The standard InChI is InChI=1S/C18H14ClFN2O4S/c1-26-15-6-7-16(18-12(15)3-2-8-21-18)27(24,25)22-17(23)10-11-4-5-14(20)13(19)9-11/h2-9H,10H2,1H3,(H,22,23). The fourth-order valence-electron chi connectivity index (χ4n) is 2.59. The van der Waals surface area contributed by atoms with Gasteiger partial charge >= 0.3 is 0 Å². The Morgan fingerprint density at radius 2 is 2.04 bits per heavy atom. The maximum absolute atomic E-state index is 13.2. The third-order valence-corrected chi connectivity index (χ3v) is 5.49. The lowest BCUT2D eigenvalue weighted by atomic mass is 10.1. The SMILES string of the molecule is COc1ccc(S(=O)(=O)NC(=O)Cc2ccc(F)c(Cl)c2)c2ncccc12. The number of sulfonamides is 1. The highest BCUT2D eigenvalue weighted by Gasteiger charge is 2.22. The van der Waals surface area contributed by atoms with Gasteiger partial charge in [-0.15, -0.1) is 0 Å². The van der Waals surface area contributed by atoms with Crippen molar-refractivity contribution in [3.63, 3.8) is 0 Å². The minimum atomic E-state index is -4.17. The van der Waals surface area contributed by atoms with Crippen molar-refractivity contribution in [1.29, 1.82) is 0 Å². The summed E-state index contributed by atoms with van der Waals surface area (Å²) in [6, 6.07) is 9.87. The van der Waals surface area contributed by atoms with Gasteiger partial charge < -0.3 is 4.74 Å². The highest BCUT2D eigenvalue weighted by molar-refractivity contribution is 7.90. The summed E-state index contributed by atoms with van der Waals surface area (Å²) in [6.45, 7) is 0. The molecule has 0 saturated carbocycles. The number of carbonyl (C=O) groups is 1. The number of nitrogens with zero attached hydrogens (tertiary/aromatic N) is 1. The average molecular weight is 409 g/mol. The third kappa shape index (κ3) is 4.01. The van der Waals surface area contributed by atoms with Crippen molar-refractivity contribution in [2.75, 3.05) is 7.11 Å². The van der Waals surface area contributed by atoms with Gasteiger partial charge in [-0.2, -0.15) is 0 Å². The smallest absolute Gasteiger partial charge is 0.266 e. The van der Waals surface area contributed by atoms with Crippen molar-refractivity contribution in [2.24, 2.45) is 0 Å². The van der Waals surface area contributed by atoms with Crippen LogP contribution < -0.4 is 9.46 Å². The van der Waals surface area contributed by atoms with Crippen molar-refractivity contribution in [1.82, 2.24) is 9.71 Å². The number of halogens is 2. The number of rotatable bonds is 5. The number of nitrogens with one attached hydrogen (secondary N) is 1. The number of benzene rings is 2. The molecule has 6 nitrogen and oxygen atoms in total. The highest BCUT2D eigenvalue weighted by atomic mass is 35.5. The predicted octanol–water partition coefficient (Wildman–Crippen LogP) is 3.08. The predicted molar refractivity (Wildman–Crippen MR) is 98.7 cm³/mol. The van der Waals surface area contributed by atoms with Crippen LogP contribution in [0.2, 0.25) is 5.02 Å². The number of hydrogen-bond acceptors (Lipinski definition) is 5. The number of hydrogen-bond donors (Lipinski definition) is 1. The second kappa shape index (κ2) is 7.50. The van der Waals surface area contributed by atoms with E-state index in [1.165, 1.54) is 37.6 Å². The molecule has 1 aromatic heterocycles. The molecular weight excluding hydrogens is 395 g/mol. The average Bonchev–Trinajstić information content (AvgIpc) is 2.63. The van der Waals surface area contributed by atoms with Crippen molar-refractivity contribution >= 4 is 38.4 Å². The summed E-state index contributed by atoms with van der Waals surface area (Å²) >= 11 is 5.68. The van der Waals surface area contributed by atoms with E-state index in [1.807, 2.05) is 4.72 Å². The molecule has 140 valence electrons. The first kappa shape index (κ1) is 19.1. The molecule has 0 saturated heterocycles. The van der Waals surface area contributed by atoms with Crippen LogP contribution in [-0.2, 0) is 21.2 Å². The summed E-state index contributed by atoms with van der Waals surface area (Å²) in [5.74, 6) is -0.939. The van der Waals surface area contributed by atoms with Crippen LogP contribution in [0.25, 0.3) is 10.9 Å². The summed E-state index contributed by atoms with van der Waals surface area (Å²) < 4.78 is 45.7. The minimum absolute atomic E-state index is 0.145. The van der Waals surface area contributed by atoms with Crippen LogP contribution in [0.1, 0.15) is 5.56 Å². The number of carbonyl (C=O) groups excluding carboxylic acids is 1. The first-order valence-electron chi connectivity index (χ1n) is 7.73. The molecular formula is C18H14ClFN2O4S. The highest BCUT2D eigenvalue weighted by Crippen LogP contribution is 2.29. The van der Waals surface area contributed by atoms with Crippen LogP contribution >= 0.6 is 11.6 Å². The zero-order valence-corrected chi connectivity index (χ0v) is 15.6. The van der Waals surface area contributed by atoms with Gasteiger partial charge in [-0.1, -0.05) is 17.7 Å². The molecule has 0 bridgehead atoms. The Bertz CT molecular complexity index is 1140. The van der Waals surface area contributed by atoms with Gasteiger partial charge in [-0.25, -0.2) is 17.5 Å². The van der Waals surface area contributed by atoms with Crippen molar-refractivity contribution in [3.8, 4) is 5.75 Å². The van der Waals surface area contributed by atoms with Crippen LogP contribution in [0, 0.1) is 5.82 Å². The normalized spacial score (nSPS) is 11.4. The zero-order chi connectivity index (χ0) is 19.6. The van der Waals surface area contributed by atoms with E-state index in [1.54, 1.807) is 12.1 Å². The summed E-state index contributed by atoms with van der Waals surface area (Å²) in [5.41, 5.74) is 0.564. The number of methoxy groups -OCH3 is 1. The Labute approximate surface area is 160 Å². The van der Waals surface area contributed by atoms with Crippen molar-refractivity contribution in [2.45, 2.75) is 11.3 Å². The van der Waals surface area contributed by atoms with E-state index in [2.05, 4.69) is 4.98 Å². The fraction of sp³-hybridized carbons (Fsp3) is 0.111.